The van der Waals surface area contributed by atoms with Gasteiger partial charge >= 0.3 is 0 Å². The van der Waals surface area contributed by atoms with Crippen molar-refractivity contribution in [3.63, 3.8) is 0 Å². The van der Waals surface area contributed by atoms with Crippen molar-refractivity contribution in [3.05, 3.63) is 23.8 Å². The molecule has 1 aromatic carbocycles. The average Bonchev–Trinajstić information content (AvgIpc) is 2.83. The van der Waals surface area contributed by atoms with E-state index < -0.39 is 0 Å². The molecule has 4 heteroatoms. The van der Waals surface area contributed by atoms with E-state index in [0.717, 1.165) is 37.7 Å². The average molecular weight is 248 g/mol. The van der Waals surface area contributed by atoms with Crippen LogP contribution in [0.25, 0.3) is 0 Å². The van der Waals surface area contributed by atoms with Crippen LogP contribution in [-0.2, 0) is 6.54 Å². The molecule has 1 aromatic rings. The summed E-state index contributed by atoms with van der Waals surface area (Å²) in [5.74, 6) is 0.716. The standard InChI is InChI=1S/C14H20N2O2/c17-13-4-3-10(6-14(13)18)9-16-5-1-2-11-7-15-8-12(11)16/h3-4,6,11-12,15,17-18H,1-2,5,7-9H2. The first-order valence-corrected chi connectivity index (χ1v) is 6.69. The third-order valence-electron chi connectivity index (χ3n) is 4.22. The lowest BCUT2D eigenvalue weighted by atomic mass is 9.91. The number of nitrogens with one attached hydrogen (secondary N) is 1. The smallest absolute Gasteiger partial charge is 0.157 e. The van der Waals surface area contributed by atoms with Gasteiger partial charge in [0.05, 0.1) is 0 Å². The lowest BCUT2D eigenvalue weighted by Gasteiger charge is -2.37. The molecule has 0 radical (unpaired) electrons. The molecule has 98 valence electrons. The van der Waals surface area contributed by atoms with Crippen molar-refractivity contribution in [1.29, 1.82) is 0 Å². The highest BCUT2D eigenvalue weighted by atomic mass is 16.3. The zero-order chi connectivity index (χ0) is 12.5. The molecule has 0 spiro atoms. The minimum Gasteiger partial charge on any atom is -0.504 e. The molecular weight excluding hydrogens is 228 g/mol. The fraction of sp³-hybridized carbons (Fsp3) is 0.571. The zero-order valence-corrected chi connectivity index (χ0v) is 10.5. The highest BCUT2D eigenvalue weighted by Gasteiger charge is 2.34. The van der Waals surface area contributed by atoms with Gasteiger partial charge in [0.2, 0.25) is 0 Å². The Kier molecular flexibility index (Phi) is 3.14. The molecule has 3 rings (SSSR count). The number of piperidine rings is 1. The number of likely N-dealkylation sites (tertiary alicyclic amines) is 1. The maximum absolute atomic E-state index is 9.54. The van der Waals surface area contributed by atoms with Crippen molar-refractivity contribution in [2.45, 2.75) is 25.4 Å². The summed E-state index contributed by atoms with van der Waals surface area (Å²) in [4.78, 5) is 2.50. The first-order valence-electron chi connectivity index (χ1n) is 6.69. The van der Waals surface area contributed by atoms with Crippen LogP contribution < -0.4 is 5.32 Å². The van der Waals surface area contributed by atoms with E-state index in [1.807, 2.05) is 6.07 Å². The van der Waals surface area contributed by atoms with Crippen LogP contribution >= 0.6 is 0 Å². The van der Waals surface area contributed by atoms with E-state index in [2.05, 4.69) is 10.2 Å². The fourth-order valence-electron chi connectivity index (χ4n) is 3.26. The molecule has 0 bridgehead atoms. The van der Waals surface area contributed by atoms with E-state index in [9.17, 15) is 10.2 Å². The van der Waals surface area contributed by atoms with Crippen molar-refractivity contribution in [2.75, 3.05) is 19.6 Å². The minimum absolute atomic E-state index is 0.0226. The lowest BCUT2D eigenvalue weighted by Crippen LogP contribution is -2.44. The Morgan fingerprint density at radius 1 is 1.22 bits per heavy atom. The van der Waals surface area contributed by atoms with Crippen LogP contribution in [0.4, 0.5) is 0 Å². The van der Waals surface area contributed by atoms with Crippen LogP contribution in [0, 0.1) is 5.92 Å². The topological polar surface area (TPSA) is 55.7 Å². The van der Waals surface area contributed by atoms with Gasteiger partial charge in [-0.25, -0.2) is 0 Å². The molecule has 0 aromatic heterocycles. The van der Waals surface area contributed by atoms with E-state index in [-0.39, 0.29) is 11.5 Å². The molecule has 2 saturated heterocycles. The van der Waals surface area contributed by atoms with Crippen LogP contribution in [0.15, 0.2) is 18.2 Å². The van der Waals surface area contributed by atoms with Gasteiger partial charge in [0, 0.05) is 19.1 Å². The van der Waals surface area contributed by atoms with Crippen molar-refractivity contribution in [3.8, 4) is 11.5 Å². The summed E-state index contributed by atoms with van der Waals surface area (Å²) in [6, 6.07) is 5.76. The fourth-order valence-corrected chi connectivity index (χ4v) is 3.26. The van der Waals surface area contributed by atoms with Crippen molar-refractivity contribution in [1.82, 2.24) is 10.2 Å². The zero-order valence-electron chi connectivity index (χ0n) is 10.5. The Balaban J connectivity index is 1.73. The molecule has 3 N–H and O–H groups in total. The van der Waals surface area contributed by atoms with E-state index in [4.69, 9.17) is 0 Å². The van der Waals surface area contributed by atoms with Gasteiger partial charge < -0.3 is 15.5 Å². The number of rotatable bonds is 2. The predicted molar refractivity (Wildman–Crippen MR) is 69.6 cm³/mol. The number of fused-ring (bicyclic) bond motifs is 1. The maximum Gasteiger partial charge on any atom is 0.157 e. The number of phenols is 2. The van der Waals surface area contributed by atoms with Crippen molar-refractivity contribution in [2.24, 2.45) is 5.92 Å². The normalized spacial score (nSPS) is 28.2. The van der Waals surface area contributed by atoms with Crippen LogP contribution in [0.5, 0.6) is 11.5 Å². The lowest BCUT2D eigenvalue weighted by molar-refractivity contribution is 0.117. The van der Waals surface area contributed by atoms with Gasteiger partial charge in [0.15, 0.2) is 11.5 Å². The Morgan fingerprint density at radius 3 is 2.94 bits per heavy atom. The third kappa shape index (κ3) is 2.18. The second-order valence-electron chi connectivity index (χ2n) is 5.42. The van der Waals surface area contributed by atoms with Crippen molar-refractivity contribution >= 4 is 0 Å². The molecule has 4 nitrogen and oxygen atoms in total. The minimum atomic E-state index is -0.0437. The van der Waals surface area contributed by atoms with E-state index in [0.29, 0.717) is 6.04 Å². The summed E-state index contributed by atoms with van der Waals surface area (Å²) in [5.41, 5.74) is 1.07. The summed E-state index contributed by atoms with van der Waals surface area (Å²) in [7, 11) is 0. The molecule has 0 saturated carbocycles. The first kappa shape index (κ1) is 11.8. The number of hydrogen-bond acceptors (Lipinski definition) is 4. The van der Waals surface area contributed by atoms with E-state index in [1.165, 1.54) is 12.8 Å². The molecule has 2 aliphatic rings. The second kappa shape index (κ2) is 4.78. The second-order valence-corrected chi connectivity index (χ2v) is 5.42. The summed E-state index contributed by atoms with van der Waals surface area (Å²) in [6.07, 6.45) is 2.59. The molecule has 0 amide bonds. The highest BCUT2D eigenvalue weighted by Crippen LogP contribution is 2.30. The van der Waals surface area contributed by atoms with Crippen LogP contribution in [0.2, 0.25) is 0 Å². The largest absolute Gasteiger partial charge is 0.504 e. The molecule has 2 unspecified atom stereocenters. The SMILES string of the molecule is Oc1ccc(CN2CCCC3CNCC32)cc1O. The Bertz CT molecular complexity index is 436. The molecule has 2 fully saturated rings. The molecule has 2 aliphatic heterocycles. The summed E-state index contributed by atoms with van der Waals surface area (Å²) in [6.45, 7) is 4.21. The van der Waals surface area contributed by atoms with Gasteiger partial charge in [-0.1, -0.05) is 6.07 Å². The van der Waals surface area contributed by atoms with Gasteiger partial charge in [-0.3, -0.25) is 4.90 Å². The summed E-state index contributed by atoms with van der Waals surface area (Å²) in [5, 5.41) is 22.3. The quantitative estimate of drug-likeness (QED) is 0.690. The van der Waals surface area contributed by atoms with Crippen molar-refractivity contribution < 1.29 is 10.2 Å². The van der Waals surface area contributed by atoms with Crippen LogP contribution in [-0.4, -0.2) is 40.8 Å². The number of nitrogens with zero attached hydrogens (tertiary/aromatic N) is 1. The van der Waals surface area contributed by atoms with Gasteiger partial charge in [-0.2, -0.15) is 0 Å². The van der Waals surface area contributed by atoms with Crippen LogP contribution in [0.1, 0.15) is 18.4 Å². The number of phenolic OH excluding ortho intramolecular Hbond substituents is 2. The Labute approximate surface area is 107 Å². The highest BCUT2D eigenvalue weighted by molar-refractivity contribution is 5.40. The molecule has 18 heavy (non-hydrogen) atoms. The van der Waals surface area contributed by atoms with Crippen LogP contribution in [0.3, 0.4) is 0 Å². The number of hydrogen-bond donors (Lipinski definition) is 3. The molecule has 0 aliphatic carbocycles. The summed E-state index contributed by atoms with van der Waals surface area (Å²) >= 11 is 0. The monoisotopic (exact) mass is 248 g/mol. The molecular formula is C14H20N2O2. The van der Waals surface area contributed by atoms with Gasteiger partial charge in [0.25, 0.3) is 0 Å². The summed E-state index contributed by atoms with van der Waals surface area (Å²) < 4.78 is 0. The Hall–Kier alpha value is -1.26. The van der Waals surface area contributed by atoms with Gasteiger partial charge in [-0.05, 0) is 49.5 Å². The van der Waals surface area contributed by atoms with E-state index in [1.54, 1.807) is 12.1 Å². The maximum atomic E-state index is 9.54. The number of aromatic hydroxyl groups is 2. The number of benzene rings is 1. The Morgan fingerprint density at radius 2 is 2.11 bits per heavy atom. The predicted octanol–water partition coefficient (Wildman–Crippen LogP) is 1.28. The third-order valence-corrected chi connectivity index (χ3v) is 4.22. The molecule has 2 heterocycles. The first-order chi connectivity index (χ1) is 8.74. The van der Waals surface area contributed by atoms with Gasteiger partial charge in [0.1, 0.15) is 0 Å². The van der Waals surface area contributed by atoms with E-state index >= 15 is 0 Å². The molecule has 2 atom stereocenters. The van der Waals surface area contributed by atoms with Gasteiger partial charge in [-0.15, -0.1) is 0 Å².